The van der Waals surface area contributed by atoms with E-state index in [1.807, 2.05) is 0 Å². The minimum atomic E-state index is -0.0713. The first-order valence-electron chi connectivity index (χ1n) is 6.92. The zero-order chi connectivity index (χ0) is 12.8. The molecular weight excluding hydrogens is 220 g/mol. The van der Waals surface area contributed by atoms with Gasteiger partial charge in [0.1, 0.15) is 0 Å². The van der Waals surface area contributed by atoms with Crippen molar-refractivity contribution in [2.24, 2.45) is 5.73 Å². The second kappa shape index (κ2) is 4.13. The summed E-state index contributed by atoms with van der Waals surface area (Å²) in [4.78, 5) is 0. The Hall–Kier alpha value is -1.28. The van der Waals surface area contributed by atoms with E-state index in [1.54, 1.807) is 0 Å². The summed E-state index contributed by atoms with van der Waals surface area (Å²) < 4.78 is 2.39. The Morgan fingerprint density at radius 1 is 1.33 bits per heavy atom. The van der Waals surface area contributed by atoms with Gasteiger partial charge in [-0.05, 0) is 62.8 Å². The molecule has 0 radical (unpaired) electrons. The molecule has 0 aliphatic carbocycles. The summed E-state index contributed by atoms with van der Waals surface area (Å²) in [6.07, 6.45) is 6.84. The van der Waals surface area contributed by atoms with Crippen LogP contribution in [-0.2, 0) is 19.4 Å². The fourth-order valence-corrected chi connectivity index (χ4v) is 2.94. The number of nitrogens with two attached hydrogens (primary N) is 1. The van der Waals surface area contributed by atoms with E-state index in [0.29, 0.717) is 0 Å². The number of rotatable bonds is 3. The van der Waals surface area contributed by atoms with E-state index < -0.39 is 0 Å². The predicted octanol–water partition coefficient (Wildman–Crippen LogP) is 3.26. The Labute approximate surface area is 109 Å². The molecule has 2 nitrogen and oxygen atoms in total. The Morgan fingerprint density at radius 2 is 2.17 bits per heavy atom. The topological polar surface area (TPSA) is 30.9 Å². The second-order valence-corrected chi connectivity index (χ2v) is 6.29. The minimum Gasteiger partial charge on any atom is -0.347 e. The molecule has 0 unspecified atom stereocenters. The lowest BCUT2D eigenvalue weighted by Gasteiger charge is -2.20. The monoisotopic (exact) mass is 242 g/mol. The third-order valence-corrected chi connectivity index (χ3v) is 3.90. The van der Waals surface area contributed by atoms with Gasteiger partial charge in [-0.1, -0.05) is 6.07 Å². The van der Waals surface area contributed by atoms with Crippen molar-refractivity contribution >= 4 is 10.9 Å². The zero-order valence-electron chi connectivity index (χ0n) is 11.4. The average Bonchev–Trinajstić information content (AvgIpc) is 2.71. The molecule has 0 saturated carbocycles. The van der Waals surface area contributed by atoms with Crippen LogP contribution < -0.4 is 5.73 Å². The number of nitrogens with zero attached hydrogens (tertiary/aromatic N) is 1. The molecule has 96 valence electrons. The average molecular weight is 242 g/mol. The molecule has 2 heterocycles. The maximum Gasteiger partial charge on any atom is 0.0513 e. The summed E-state index contributed by atoms with van der Waals surface area (Å²) in [5, 5.41) is 1.40. The molecule has 2 heteroatoms. The molecular formula is C16H22N2. The van der Waals surface area contributed by atoms with Gasteiger partial charge in [0.05, 0.1) is 5.52 Å². The highest BCUT2D eigenvalue weighted by molar-refractivity contribution is 5.84. The fourth-order valence-electron chi connectivity index (χ4n) is 2.94. The molecule has 1 aromatic heterocycles. The number of benzene rings is 1. The molecule has 0 saturated heterocycles. The standard InChI is InChI=1S/C16H22N2/c1-16(2,17)7-5-12-10-13-4-3-8-18-9-6-14(11-12)15(13)18/h6,9-11H,3-5,7-8,17H2,1-2H3. The SMILES string of the molecule is CC(C)(N)CCc1cc2c3c(ccn3CCC2)c1. The summed E-state index contributed by atoms with van der Waals surface area (Å²) in [5.74, 6) is 0. The minimum absolute atomic E-state index is 0.0713. The molecule has 0 fully saturated rings. The van der Waals surface area contributed by atoms with Gasteiger partial charge in [0.25, 0.3) is 0 Å². The van der Waals surface area contributed by atoms with Gasteiger partial charge in [-0.2, -0.15) is 0 Å². The van der Waals surface area contributed by atoms with Gasteiger partial charge in [-0.25, -0.2) is 0 Å². The zero-order valence-corrected chi connectivity index (χ0v) is 11.4. The smallest absolute Gasteiger partial charge is 0.0513 e. The van der Waals surface area contributed by atoms with Crippen LogP contribution in [0.1, 0.15) is 37.8 Å². The van der Waals surface area contributed by atoms with Gasteiger partial charge >= 0.3 is 0 Å². The van der Waals surface area contributed by atoms with Gasteiger partial charge in [0, 0.05) is 23.7 Å². The molecule has 18 heavy (non-hydrogen) atoms. The predicted molar refractivity (Wildman–Crippen MR) is 76.8 cm³/mol. The highest BCUT2D eigenvalue weighted by atomic mass is 15.0. The molecule has 3 rings (SSSR count). The van der Waals surface area contributed by atoms with E-state index in [2.05, 4.69) is 42.8 Å². The van der Waals surface area contributed by atoms with Crippen LogP contribution in [0.15, 0.2) is 24.4 Å². The second-order valence-electron chi connectivity index (χ2n) is 6.29. The van der Waals surface area contributed by atoms with Crippen LogP contribution in [0, 0.1) is 0 Å². The van der Waals surface area contributed by atoms with Crippen LogP contribution >= 0.6 is 0 Å². The van der Waals surface area contributed by atoms with Crippen molar-refractivity contribution in [2.45, 2.75) is 51.6 Å². The van der Waals surface area contributed by atoms with Gasteiger partial charge in [-0.3, -0.25) is 0 Å². The molecule has 0 atom stereocenters. The third kappa shape index (κ3) is 2.17. The Kier molecular flexibility index (Phi) is 2.70. The highest BCUT2D eigenvalue weighted by Crippen LogP contribution is 2.28. The van der Waals surface area contributed by atoms with Crippen LogP contribution in [0.25, 0.3) is 10.9 Å². The summed E-state index contributed by atoms with van der Waals surface area (Å²) in [6, 6.07) is 6.98. The van der Waals surface area contributed by atoms with E-state index in [0.717, 1.165) is 12.8 Å². The molecule has 0 bridgehead atoms. The van der Waals surface area contributed by atoms with Gasteiger partial charge < -0.3 is 10.3 Å². The molecule has 2 N–H and O–H groups in total. The van der Waals surface area contributed by atoms with Gasteiger partial charge in [0.15, 0.2) is 0 Å². The van der Waals surface area contributed by atoms with Crippen molar-refractivity contribution in [3.63, 3.8) is 0 Å². The van der Waals surface area contributed by atoms with E-state index in [9.17, 15) is 0 Å². The van der Waals surface area contributed by atoms with E-state index in [-0.39, 0.29) is 5.54 Å². The normalized spacial score (nSPS) is 15.3. The van der Waals surface area contributed by atoms with Crippen molar-refractivity contribution in [3.05, 3.63) is 35.5 Å². The van der Waals surface area contributed by atoms with Crippen LogP contribution in [0.4, 0.5) is 0 Å². The molecule has 1 aliphatic rings. The van der Waals surface area contributed by atoms with Crippen LogP contribution in [0.3, 0.4) is 0 Å². The van der Waals surface area contributed by atoms with E-state index in [4.69, 9.17) is 5.73 Å². The number of hydrogen-bond donors (Lipinski definition) is 1. The van der Waals surface area contributed by atoms with Crippen molar-refractivity contribution in [1.82, 2.24) is 4.57 Å². The quantitative estimate of drug-likeness (QED) is 0.880. The summed E-state index contributed by atoms with van der Waals surface area (Å²) in [6.45, 7) is 5.38. The van der Waals surface area contributed by atoms with E-state index in [1.165, 1.54) is 41.4 Å². The molecule has 0 amide bonds. The van der Waals surface area contributed by atoms with Crippen molar-refractivity contribution < 1.29 is 0 Å². The number of hydrogen-bond acceptors (Lipinski definition) is 1. The van der Waals surface area contributed by atoms with Crippen molar-refractivity contribution in [3.8, 4) is 0 Å². The Balaban J connectivity index is 1.95. The lowest BCUT2D eigenvalue weighted by atomic mass is 9.93. The summed E-state index contributed by atoms with van der Waals surface area (Å²) in [7, 11) is 0. The summed E-state index contributed by atoms with van der Waals surface area (Å²) >= 11 is 0. The van der Waals surface area contributed by atoms with Crippen LogP contribution in [-0.4, -0.2) is 10.1 Å². The fraction of sp³-hybridized carbons (Fsp3) is 0.500. The first kappa shape index (κ1) is 11.8. The first-order valence-corrected chi connectivity index (χ1v) is 6.92. The molecule has 0 spiro atoms. The van der Waals surface area contributed by atoms with Crippen LogP contribution in [0.2, 0.25) is 0 Å². The van der Waals surface area contributed by atoms with Crippen molar-refractivity contribution in [1.29, 1.82) is 0 Å². The van der Waals surface area contributed by atoms with E-state index >= 15 is 0 Å². The maximum atomic E-state index is 6.08. The van der Waals surface area contributed by atoms with Crippen LogP contribution in [0.5, 0.6) is 0 Å². The molecule has 1 aliphatic heterocycles. The Morgan fingerprint density at radius 3 is 2.94 bits per heavy atom. The first-order chi connectivity index (χ1) is 8.53. The molecule has 2 aromatic rings. The third-order valence-electron chi connectivity index (χ3n) is 3.90. The lowest BCUT2D eigenvalue weighted by Crippen LogP contribution is -2.32. The highest BCUT2D eigenvalue weighted by Gasteiger charge is 2.15. The van der Waals surface area contributed by atoms with Gasteiger partial charge in [-0.15, -0.1) is 0 Å². The van der Waals surface area contributed by atoms with Gasteiger partial charge in [0.2, 0.25) is 0 Å². The number of aryl methyl sites for hydroxylation is 3. The maximum absolute atomic E-state index is 6.08. The lowest BCUT2D eigenvalue weighted by molar-refractivity contribution is 0.477. The number of aromatic nitrogens is 1. The van der Waals surface area contributed by atoms with Crippen molar-refractivity contribution in [2.75, 3.05) is 0 Å². The Bertz CT molecular complexity index is 573. The summed E-state index contributed by atoms with van der Waals surface area (Å²) in [5.41, 5.74) is 10.4. The molecule has 1 aromatic carbocycles. The largest absolute Gasteiger partial charge is 0.347 e.